The summed E-state index contributed by atoms with van der Waals surface area (Å²) in [6, 6.07) is 1.39. The summed E-state index contributed by atoms with van der Waals surface area (Å²) < 4.78 is 6.67. The van der Waals surface area contributed by atoms with Crippen molar-refractivity contribution in [1.82, 2.24) is 14.5 Å². The normalized spacial score (nSPS) is 28.3. The molecule has 3 rings (SSSR count). The van der Waals surface area contributed by atoms with Gasteiger partial charge in [-0.25, -0.2) is 9.97 Å². The van der Waals surface area contributed by atoms with Crippen molar-refractivity contribution in [2.45, 2.75) is 24.5 Å². The van der Waals surface area contributed by atoms with E-state index in [0.29, 0.717) is 5.39 Å². The molecule has 1 amide bonds. The van der Waals surface area contributed by atoms with Gasteiger partial charge in [0.15, 0.2) is 6.23 Å². The van der Waals surface area contributed by atoms with Crippen LogP contribution in [0.1, 0.15) is 16.7 Å². The summed E-state index contributed by atoms with van der Waals surface area (Å²) in [4.78, 5) is 19.5. The van der Waals surface area contributed by atoms with Gasteiger partial charge in [-0.1, -0.05) is 0 Å². The fraction of sp³-hybridized carbons (Fsp3) is 0.417. The van der Waals surface area contributed by atoms with Crippen molar-refractivity contribution >= 4 is 22.8 Å². The number of aliphatic hydroxyl groups is 3. The van der Waals surface area contributed by atoms with Crippen LogP contribution in [-0.2, 0) is 4.74 Å². The molecule has 0 unspecified atom stereocenters. The Bertz CT molecular complexity index is 732. The van der Waals surface area contributed by atoms with Gasteiger partial charge in [-0.2, -0.15) is 0 Å². The van der Waals surface area contributed by atoms with Gasteiger partial charge in [0.1, 0.15) is 41.8 Å². The summed E-state index contributed by atoms with van der Waals surface area (Å²) in [7, 11) is 0. The van der Waals surface area contributed by atoms with E-state index in [1.165, 1.54) is 17.0 Å². The Morgan fingerprint density at radius 1 is 1.36 bits per heavy atom. The molecule has 1 saturated heterocycles. The summed E-state index contributed by atoms with van der Waals surface area (Å²) in [5.74, 6) is -0.645. The van der Waals surface area contributed by atoms with E-state index < -0.39 is 37.1 Å². The molecule has 2 aromatic rings. The highest BCUT2D eigenvalue weighted by molar-refractivity contribution is 5.99. The van der Waals surface area contributed by atoms with E-state index in [1.807, 2.05) is 0 Å². The SMILES string of the molecule is NC(=O)c1cc2c(N)ncnc2n1[C@@H]1O[C@H](CO)[C@@H](O)[C@H]1O. The van der Waals surface area contributed by atoms with Crippen LogP contribution in [-0.4, -0.2) is 60.7 Å². The highest BCUT2D eigenvalue weighted by atomic mass is 16.6. The number of rotatable bonds is 3. The molecule has 0 bridgehead atoms. The van der Waals surface area contributed by atoms with Crippen molar-refractivity contribution in [3.8, 4) is 0 Å². The molecule has 1 aliphatic rings. The lowest BCUT2D eigenvalue weighted by Gasteiger charge is -2.19. The number of primary amides is 1. The van der Waals surface area contributed by atoms with Crippen molar-refractivity contribution in [2.24, 2.45) is 5.73 Å². The maximum absolute atomic E-state index is 11.7. The van der Waals surface area contributed by atoms with Crippen molar-refractivity contribution < 1.29 is 24.9 Å². The zero-order valence-corrected chi connectivity index (χ0v) is 11.3. The standard InChI is InChI=1S/C12H15N5O5/c13-9-4-1-5(10(14)21)17(11(4)16-3-15-9)12-8(20)7(19)6(2-18)22-12/h1,3,6-8,12,18-20H,2H2,(H2,14,21)(H2,13,15,16)/t6-,7-,8-,12-/m1/s1. The molecular weight excluding hydrogens is 294 g/mol. The third-order valence-corrected chi connectivity index (χ3v) is 3.69. The van der Waals surface area contributed by atoms with Gasteiger partial charge in [0.05, 0.1) is 12.0 Å². The van der Waals surface area contributed by atoms with Gasteiger partial charge >= 0.3 is 0 Å². The molecule has 10 nitrogen and oxygen atoms in total. The Morgan fingerprint density at radius 2 is 2.09 bits per heavy atom. The number of fused-ring (bicyclic) bond motifs is 1. The third-order valence-electron chi connectivity index (χ3n) is 3.69. The average Bonchev–Trinajstić information content (AvgIpc) is 3.00. The molecular formula is C12H15N5O5. The number of hydrogen-bond donors (Lipinski definition) is 5. The zero-order valence-electron chi connectivity index (χ0n) is 11.3. The summed E-state index contributed by atoms with van der Waals surface area (Å²) in [5, 5.41) is 29.5. The van der Waals surface area contributed by atoms with Crippen molar-refractivity contribution in [1.29, 1.82) is 0 Å². The fourth-order valence-corrected chi connectivity index (χ4v) is 2.59. The molecule has 0 aromatic carbocycles. The van der Waals surface area contributed by atoms with E-state index in [4.69, 9.17) is 21.3 Å². The number of nitrogen functional groups attached to an aromatic ring is 1. The maximum atomic E-state index is 11.7. The Hall–Kier alpha value is -2.27. The summed E-state index contributed by atoms with van der Waals surface area (Å²) in [6.07, 6.45) is -3.62. The molecule has 4 atom stereocenters. The number of carbonyl (C=O) groups excluding carboxylic acids is 1. The Morgan fingerprint density at radius 3 is 2.68 bits per heavy atom. The van der Waals surface area contributed by atoms with Gasteiger partial charge in [-0.15, -0.1) is 0 Å². The van der Waals surface area contributed by atoms with Gasteiger partial charge in [0.25, 0.3) is 5.91 Å². The Balaban J connectivity index is 2.19. The van der Waals surface area contributed by atoms with Crippen LogP contribution in [0.2, 0.25) is 0 Å². The Labute approximate surface area is 123 Å². The van der Waals surface area contributed by atoms with E-state index in [2.05, 4.69) is 9.97 Å². The zero-order chi connectivity index (χ0) is 16.0. The number of nitrogens with two attached hydrogens (primary N) is 2. The van der Waals surface area contributed by atoms with Gasteiger partial charge in [0, 0.05) is 0 Å². The molecule has 118 valence electrons. The van der Waals surface area contributed by atoms with Crippen molar-refractivity contribution in [3.05, 3.63) is 18.1 Å². The predicted octanol–water partition coefficient (Wildman–Crippen LogP) is -2.28. The van der Waals surface area contributed by atoms with Crippen LogP contribution in [0.5, 0.6) is 0 Å². The lowest BCUT2D eigenvalue weighted by molar-refractivity contribution is -0.0515. The number of anilines is 1. The molecule has 3 heterocycles. The van der Waals surface area contributed by atoms with E-state index in [1.54, 1.807) is 0 Å². The van der Waals surface area contributed by atoms with Crippen LogP contribution in [0.15, 0.2) is 12.4 Å². The fourth-order valence-electron chi connectivity index (χ4n) is 2.59. The molecule has 0 radical (unpaired) electrons. The number of carbonyl (C=O) groups is 1. The first kappa shape index (κ1) is 14.7. The van der Waals surface area contributed by atoms with E-state index in [9.17, 15) is 15.0 Å². The van der Waals surface area contributed by atoms with Crippen molar-refractivity contribution in [3.63, 3.8) is 0 Å². The minimum absolute atomic E-state index is 0.00274. The minimum Gasteiger partial charge on any atom is -0.394 e. The number of amides is 1. The molecule has 1 fully saturated rings. The molecule has 0 saturated carbocycles. The topological polar surface area (TPSA) is 170 Å². The number of aliphatic hydroxyl groups excluding tert-OH is 3. The Kier molecular flexibility index (Phi) is 3.45. The summed E-state index contributed by atoms with van der Waals surface area (Å²) in [5.41, 5.74) is 11.3. The second kappa shape index (κ2) is 5.18. The van der Waals surface area contributed by atoms with Crippen molar-refractivity contribution in [2.75, 3.05) is 12.3 Å². The van der Waals surface area contributed by atoms with Crippen LogP contribution >= 0.6 is 0 Å². The first-order valence-corrected chi connectivity index (χ1v) is 6.49. The number of ether oxygens (including phenoxy) is 1. The van der Waals surface area contributed by atoms with Gasteiger partial charge in [-0.3, -0.25) is 9.36 Å². The highest BCUT2D eigenvalue weighted by Gasteiger charge is 2.45. The molecule has 7 N–H and O–H groups in total. The maximum Gasteiger partial charge on any atom is 0.265 e. The lowest BCUT2D eigenvalue weighted by atomic mass is 10.1. The first-order chi connectivity index (χ1) is 10.5. The molecule has 22 heavy (non-hydrogen) atoms. The van der Waals surface area contributed by atoms with Gasteiger partial charge in [-0.05, 0) is 6.07 Å². The monoisotopic (exact) mass is 309 g/mol. The molecule has 0 spiro atoms. The molecule has 1 aliphatic heterocycles. The van der Waals surface area contributed by atoms with E-state index >= 15 is 0 Å². The van der Waals surface area contributed by atoms with E-state index in [-0.39, 0.29) is 17.2 Å². The largest absolute Gasteiger partial charge is 0.394 e. The number of nitrogens with zero attached hydrogens (tertiary/aromatic N) is 3. The molecule has 2 aromatic heterocycles. The van der Waals surface area contributed by atoms with Crippen LogP contribution in [0.3, 0.4) is 0 Å². The van der Waals surface area contributed by atoms with Crippen LogP contribution < -0.4 is 11.5 Å². The van der Waals surface area contributed by atoms with Gasteiger partial charge in [0.2, 0.25) is 0 Å². The van der Waals surface area contributed by atoms with Crippen LogP contribution in [0, 0.1) is 0 Å². The first-order valence-electron chi connectivity index (χ1n) is 6.49. The summed E-state index contributed by atoms with van der Waals surface area (Å²) in [6.45, 7) is -0.489. The smallest absolute Gasteiger partial charge is 0.265 e. The predicted molar refractivity (Wildman–Crippen MR) is 73.5 cm³/mol. The van der Waals surface area contributed by atoms with Crippen LogP contribution in [0.4, 0.5) is 5.82 Å². The lowest BCUT2D eigenvalue weighted by Crippen LogP contribution is -2.33. The second-order valence-electron chi connectivity index (χ2n) is 4.99. The third kappa shape index (κ3) is 2.01. The van der Waals surface area contributed by atoms with E-state index in [0.717, 1.165) is 0 Å². The molecule has 10 heteroatoms. The summed E-state index contributed by atoms with van der Waals surface area (Å²) >= 11 is 0. The van der Waals surface area contributed by atoms with Gasteiger partial charge < -0.3 is 31.5 Å². The highest BCUT2D eigenvalue weighted by Crippen LogP contribution is 2.34. The quantitative estimate of drug-likeness (QED) is 0.422. The van der Waals surface area contributed by atoms with Crippen LogP contribution in [0.25, 0.3) is 11.0 Å². The average molecular weight is 309 g/mol. The number of hydrogen-bond acceptors (Lipinski definition) is 8. The number of aromatic nitrogens is 3. The minimum atomic E-state index is -1.37. The second-order valence-corrected chi connectivity index (χ2v) is 4.99. The molecule has 0 aliphatic carbocycles.